The molecule has 3 heteroatoms. The van der Waals surface area contributed by atoms with Gasteiger partial charge in [-0.25, -0.2) is 0 Å². The zero-order valence-corrected chi connectivity index (χ0v) is 14.2. The van der Waals surface area contributed by atoms with Crippen LogP contribution in [-0.2, 0) is 4.74 Å². The zero-order chi connectivity index (χ0) is 15.5. The summed E-state index contributed by atoms with van der Waals surface area (Å²) in [6.45, 7) is 13.4. The highest BCUT2D eigenvalue weighted by Crippen LogP contribution is 2.18. The number of rotatable bonds is 6. The molecule has 1 aliphatic rings. The Kier molecular flexibility index (Phi) is 9.11. The third kappa shape index (κ3) is 6.06. The fourth-order valence-corrected chi connectivity index (χ4v) is 2.67. The molecule has 21 heavy (non-hydrogen) atoms. The summed E-state index contributed by atoms with van der Waals surface area (Å²) >= 11 is 0. The van der Waals surface area contributed by atoms with E-state index >= 15 is 0 Å². The first-order chi connectivity index (χ1) is 10.3. The third-order valence-corrected chi connectivity index (χ3v) is 3.87. The molecule has 0 amide bonds. The van der Waals surface area contributed by atoms with Crippen molar-refractivity contribution in [3.8, 4) is 0 Å². The summed E-state index contributed by atoms with van der Waals surface area (Å²) in [6.07, 6.45) is 2.30. The predicted octanol–water partition coefficient (Wildman–Crippen LogP) is 3.62. The summed E-state index contributed by atoms with van der Waals surface area (Å²) in [5, 5.41) is 3.65. The van der Waals surface area contributed by atoms with Crippen molar-refractivity contribution in [3.63, 3.8) is 0 Å². The minimum Gasteiger partial charge on any atom is -0.381 e. The van der Waals surface area contributed by atoms with E-state index in [4.69, 9.17) is 4.74 Å². The molecule has 1 heterocycles. The Balaban J connectivity index is 0.00000106. The Morgan fingerprint density at radius 3 is 2.48 bits per heavy atom. The minimum absolute atomic E-state index is 0.643. The summed E-state index contributed by atoms with van der Waals surface area (Å²) in [5.41, 5.74) is 2.72. The van der Waals surface area contributed by atoms with E-state index in [1.54, 1.807) is 0 Å². The molecular formula is C18H32N2O. The Morgan fingerprint density at radius 2 is 1.86 bits per heavy atom. The van der Waals surface area contributed by atoms with Gasteiger partial charge in [-0.1, -0.05) is 32.0 Å². The lowest BCUT2D eigenvalue weighted by atomic mass is 10.1. The van der Waals surface area contributed by atoms with E-state index in [1.807, 2.05) is 13.8 Å². The molecule has 0 bridgehead atoms. The van der Waals surface area contributed by atoms with Gasteiger partial charge in [0.1, 0.15) is 0 Å². The molecule has 0 aromatic heterocycles. The molecule has 0 radical (unpaired) electrons. The number of hydrogen-bond donors (Lipinski definition) is 1. The fraction of sp³-hybridized carbons (Fsp3) is 0.667. The largest absolute Gasteiger partial charge is 0.381 e. The van der Waals surface area contributed by atoms with Gasteiger partial charge in [0.2, 0.25) is 0 Å². The lowest BCUT2D eigenvalue weighted by Gasteiger charge is -2.28. The molecule has 2 rings (SSSR count). The van der Waals surface area contributed by atoms with Gasteiger partial charge in [0.25, 0.3) is 0 Å². The summed E-state index contributed by atoms with van der Waals surface area (Å²) < 4.78 is 5.38. The normalized spacial score (nSPS) is 15.2. The zero-order valence-electron chi connectivity index (χ0n) is 14.2. The highest BCUT2D eigenvalue weighted by Gasteiger charge is 2.13. The predicted molar refractivity (Wildman–Crippen MR) is 92.3 cm³/mol. The van der Waals surface area contributed by atoms with Crippen molar-refractivity contribution in [1.82, 2.24) is 5.32 Å². The second-order valence-corrected chi connectivity index (χ2v) is 5.21. The Hall–Kier alpha value is -1.06. The molecule has 1 saturated heterocycles. The third-order valence-electron chi connectivity index (χ3n) is 3.87. The number of nitrogens with zero attached hydrogens (tertiary/aromatic N) is 1. The molecule has 1 N–H and O–H groups in total. The quantitative estimate of drug-likeness (QED) is 0.867. The molecular weight excluding hydrogens is 260 g/mol. The molecule has 1 aliphatic heterocycles. The Morgan fingerprint density at radius 1 is 1.19 bits per heavy atom. The van der Waals surface area contributed by atoms with Gasteiger partial charge in [-0.2, -0.15) is 0 Å². The van der Waals surface area contributed by atoms with Crippen LogP contribution >= 0.6 is 0 Å². The van der Waals surface area contributed by atoms with Crippen molar-refractivity contribution < 1.29 is 4.74 Å². The fourth-order valence-electron chi connectivity index (χ4n) is 2.67. The van der Waals surface area contributed by atoms with Crippen molar-refractivity contribution in [3.05, 3.63) is 29.8 Å². The number of nitrogens with one attached hydrogen (secondary N) is 1. The maximum absolute atomic E-state index is 5.38. The van der Waals surface area contributed by atoms with Crippen LogP contribution in [0.25, 0.3) is 0 Å². The number of hydrogen-bond acceptors (Lipinski definition) is 3. The number of aryl methyl sites for hydroxylation is 1. The van der Waals surface area contributed by atoms with E-state index in [0.29, 0.717) is 6.04 Å². The van der Waals surface area contributed by atoms with Gasteiger partial charge in [-0.3, -0.25) is 0 Å². The van der Waals surface area contributed by atoms with Crippen molar-refractivity contribution in [1.29, 1.82) is 0 Å². The summed E-state index contributed by atoms with van der Waals surface area (Å²) in [5.74, 6) is 0. The molecule has 1 aromatic rings. The maximum Gasteiger partial charge on any atom is 0.0480 e. The van der Waals surface area contributed by atoms with Gasteiger partial charge in [-0.05, 0) is 38.3 Å². The van der Waals surface area contributed by atoms with Crippen LogP contribution in [0.15, 0.2) is 24.3 Å². The first-order valence-electron chi connectivity index (χ1n) is 8.43. The minimum atomic E-state index is 0.643. The van der Waals surface area contributed by atoms with Gasteiger partial charge < -0.3 is 15.0 Å². The molecule has 0 saturated carbocycles. The molecule has 0 aliphatic carbocycles. The monoisotopic (exact) mass is 292 g/mol. The van der Waals surface area contributed by atoms with Gasteiger partial charge in [0, 0.05) is 44.6 Å². The number of anilines is 1. The lowest BCUT2D eigenvalue weighted by Crippen LogP contribution is -2.40. The van der Waals surface area contributed by atoms with Crippen LogP contribution in [0.4, 0.5) is 5.69 Å². The molecule has 120 valence electrons. The molecule has 1 fully saturated rings. The van der Waals surface area contributed by atoms with Crippen LogP contribution in [0, 0.1) is 6.92 Å². The first-order valence-corrected chi connectivity index (χ1v) is 8.43. The van der Waals surface area contributed by atoms with Crippen LogP contribution < -0.4 is 10.2 Å². The van der Waals surface area contributed by atoms with E-state index < -0.39 is 0 Å². The SMILES string of the molecule is CC.CCN(CCNC1CCOCC1)c1ccccc1C. The van der Waals surface area contributed by atoms with E-state index in [0.717, 1.165) is 45.7 Å². The standard InChI is InChI=1S/C16H26N2O.C2H6/c1-3-18(16-7-5-4-6-14(16)2)11-10-17-15-8-12-19-13-9-15;1-2/h4-7,15,17H,3,8-13H2,1-2H3;1-2H3. The number of likely N-dealkylation sites (N-methyl/N-ethyl adjacent to an activating group) is 1. The van der Waals surface area contributed by atoms with Crippen LogP contribution in [-0.4, -0.2) is 38.9 Å². The molecule has 0 atom stereocenters. The Bertz CT molecular complexity index is 375. The van der Waals surface area contributed by atoms with E-state index in [-0.39, 0.29) is 0 Å². The topological polar surface area (TPSA) is 24.5 Å². The number of para-hydroxylation sites is 1. The highest BCUT2D eigenvalue weighted by atomic mass is 16.5. The number of benzene rings is 1. The van der Waals surface area contributed by atoms with Crippen LogP contribution in [0.1, 0.15) is 39.2 Å². The average Bonchev–Trinajstić information content (AvgIpc) is 2.55. The second-order valence-electron chi connectivity index (χ2n) is 5.21. The van der Waals surface area contributed by atoms with Crippen molar-refractivity contribution in [2.45, 2.75) is 46.6 Å². The van der Waals surface area contributed by atoms with Crippen LogP contribution in [0.5, 0.6) is 0 Å². The van der Waals surface area contributed by atoms with Crippen molar-refractivity contribution >= 4 is 5.69 Å². The van der Waals surface area contributed by atoms with Gasteiger partial charge in [0.05, 0.1) is 0 Å². The highest BCUT2D eigenvalue weighted by molar-refractivity contribution is 5.52. The van der Waals surface area contributed by atoms with E-state index in [2.05, 4.69) is 48.3 Å². The summed E-state index contributed by atoms with van der Waals surface area (Å²) in [7, 11) is 0. The van der Waals surface area contributed by atoms with Crippen LogP contribution in [0.2, 0.25) is 0 Å². The molecule has 3 nitrogen and oxygen atoms in total. The first kappa shape index (κ1) is 18.0. The van der Waals surface area contributed by atoms with E-state index in [9.17, 15) is 0 Å². The van der Waals surface area contributed by atoms with Crippen LogP contribution in [0.3, 0.4) is 0 Å². The number of ether oxygens (including phenoxy) is 1. The van der Waals surface area contributed by atoms with Gasteiger partial charge in [-0.15, -0.1) is 0 Å². The summed E-state index contributed by atoms with van der Waals surface area (Å²) in [4.78, 5) is 2.45. The molecule has 0 unspecified atom stereocenters. The van der Waals surface area contributed by atoms with Gasteiger partial charge >= 0.3 is 0 Å². The molecule has 1 aromatic carbocycles. The smallest absolute Gasteiger partial charge is 0.0480 e. The Labute approximate surface area is 130 Å². The maximum atomic E-state index is 5.38. The lowest BCUT2D eigenvalue weighted by molar-refractivity contribution is 0.0783. The molecule has 0 spiro atoms. The van der Waals surface area contributed by atoms with E-state index in [1.165, 1.54) is 11.3 Å². The van der Waals surface area contributed by atoms with Crippen molar-refractivity contribution in [2.24, 2.45) is 0 Å². The average molecular weight is 292 g/mol. The van der Waals surface area contributed by atoms with Crippen molar-refractivity contribution in [2.75, 3.05) is 37.7 Å². The second kappa shape index (κ2) is 10.6. The summed E-state index contributed by atoms with van der Waals surface area (Å²) in [6, 6.07) is 9.27. The van der Waals surface area contributed by atoms with Gasteiger partial charge in [0.15, 0.2) is 0 Å².